The molecule has 1 aliphatic heterocycles. The lowest BCUT2D eigenvalue weighted by Crippen LogP contribution is -2.42. The normalized spacial score (nSPS) is 15.6. The summed E-state index contributed by atoms with van der Waals surface area (Å²) < 4.78 is 1.02. The molecule has 4 aromatic rings. The third-order valence-electron chi connectivity index (χ3n) is 6.73. The zero-order chi connectivity index (χ0) is 22.7. The second kappa shape index (κ2) is 9.45. The van der Waals surface area contributed by atoms with E-state index in [1.807, 2.05) is 42.5 Å². The van der Waals surface area contributed by atoms with Gasteiger partial charge in [-0.3, -0.25) is 14.6 Å². The van der Waals surface area contributed by atoms with Crippen molar-refractivity contribution in [2.75, 3.05) is 19.6 Å². The minimum atomic E-state index is -0.339. The van der Waals surface area contributed by atoms with Crippen molar-refractivity contribution in [2.45, 2.75) is 32.1 Å². The summed E-state index contributed by atoms with van der Waals surface area (Å²) in [7, 11) is 0. The minimum Gasteiger partial charge on any atom is -0.352 e. The maximum absolute atomic E-state index is 13.6. The topological polar surface area (TPSA) is 86.9 Å². The highest BCUT2D eigenvalue weighted by Gasteiger charge is 2.39. The lowest BCUT2D eigenvalue weighted by atomic mass is 9.71. The number of benzene rings is 1. The van der Waals surface area contributed by atoms with Gasteiger partial charge >= 0.3 is 0 Å². The van der Waals surface area contributed by atoms with Gasteiger partial charge in [-0.25, -0.2) is 0 Å². The number of aromatic amines is 1. The molecule has 0 spiro atoms. The van der Waals surface area contributed by atoms with Gasteiger partial charge in [0.1, 0.15) is 0 Å². The zero-order valence-electron chi connectivity index (χ0n) is 18.5. The summed E-state index contributed by atoms with van der Waals surface area (Å²) in [6.07, 6.45) is 7.83. The van der Waals surface area contributed by atoms with Crippen LogP contribution < -0.4 is 10.6 Å². The molecule has 6 nitrogen and oxygen atoms in total. The number of hydrogen-bond donors (Lipinski definition) is 3. The number of rotatable bonds is 8. The Hall–Kier alpha value is -3.03. The van der Waals surface area contributed by atoms with Gasteiger partial charge < -0.3 is 15.6 Å². The van der Waals surface area contributed by atoms with Crippen LogP contribution in [0.1, 0.15) is 52.3 Å². The Bertz CT molecular complexity index is 1220. The van der Waals surface area contributed by atoms with Crippen LogP contribution in [0.3, 0.4) is 0 Å². The molecule has 0 unspecified atom stereocenters. The van der Waals surface area contributed by atoms with Crippen LogP contribution in [0.2, 0.25) is 0 Å². The van der Waals surface area contributed by atoms with Crippen molar-refractivity contribution >= 4 is 44.0 Å². The van der Waals surface area contributed by atoms with Crippen LogP contribution in [-0.4, -0.2) is 41.3 Å². The number of aromatic nitrogens is 2. The van der Waals surface area contributed by atoms with Gasteiger partial charge in [0.2, 0.25) is 0 Å². The summed E-state index contributed by atoms with van der Waals surface area (Å²) in [5.74, 6) is 0.185. The van der Waals surface area contributed by atoms with E-state index in [4.69, 9.17) is 0 Å². The molecule has 5 rings (SSSR count). The van der Waals surface area contributed by atoms with E-state index in [0.717, 1.165) is 66.2 Å². The van der Waals surface area contributed by atoms with E-state index >= 15 is 0 Å². The molecule has 0 aliphatic carbocycles. The molecule has 170 valence electrons. The Morgan fingerprint density at radius 1 is 1.06 bits per heavy atom. The molecule has 33 heavy (non-hydrogen) atoms. The molecule has 3 aromatic heterocycles. The van der Waals surface area contributed by atoms with Crippen LogP contribution in [0.4, 0.5) is 0 Å². The van der Waals surface area contributed by atoms with Crippen LogP contribution >= 0.6 is 11.3 Å². The lowest BCUT2D eigenvalue weighted by molar-refractivity contribution is 0.0694. The molecule has 0 radical (unpaired) electrons. The average molecular weight is 461 g/mol. The van der Waals surface area contributed by atoms with E-state index < -0.39 is 0 Å². The Balaban J connectivity index is 1.19. The highest BCUT2D eigenvalue weighted by atomic mass is 32.1. The molecule has 7 heteroatoms. The van der Waals surface area contributed by atoms with Crippen LogP contribution in [0.5, 0.6) is 0 Å². The first-order valence-electron chi connectivity index (χ1n) is 11.6. The number of piperidine rings is 1. The number of unbranched alkanes of at least 4 members (excludes halogenated alkanes) is 1. The largest absolute Gasteiger partial charge is 0.352 e. The van der Waals surface area contributed by atoms with Gasteiger partial charge in [-0.1, -0.05) is 24.6 Å². The first-order chi connectivity index (χ1) is 16.1. The quantitative estimate of drug-likeness (QED) is 0.257. The average Bonchev–Trinajstić information content (AvgIpc) is 3.48. The number of Topliss-reactive ketones (excluding diaryl/α,β-unsaturated/α-hetero) is 1. The summed E-state index contributed by atoms with van der Waals surface area (Å²) in [6.45, 7) is 2.34. The number of hydrogen-bond acceptors (Lipinski definition) is 5. The number of amides is 1. The molecule has 3 N–H and O–H groups in total. The van der Waals surface area contributed by atoms with Crippen LogP contribution in [0.25, 0.3) is 21.0 Å². The highest BCUT2D eigenvalue weighted by molar-refractivity contribution is 7.20. The number of para-hydroxylation sites is 1. The van der Waals surface area contributed by atoms with Crippen molar-refractivity contribution in [3.05, 3.63) is 65.4 Å². The maximum Gasteiger partial charge on any atom is 0.261 e. The summed E-state index contributed by atoms with van der Waals surface area (Å²) in [4.78, 5) is 34.3. The van der Waals surface area contributed by atoms with Gasteiger partial charge in [-0.2, -0.15) is 0 Å². The third-order valence-corrected chi connectivity index (χ3v) is 7.82. The molecule has 0 bridgehead atoms. The molecule has 4 heterocycles. The van der Waals surface area contributed by atoms with E-state index in [2.05, 4.69) is 20.6 Å². The van der Waals surface area contributed by atoms with Gasteiger partial charge in [-0.05, 0) is 68.4 Å². The first-order valence-corrected chi connectivity index (χ1v) is 12.4. The van der Waals surface area contributed by atoms with Crippen molar-refractivity contribution in [1.29, 1.82) is 0 Å². The number of carbonyl (C=O) groups is 2. The molecule has 1 fully saturated rings. The summed E-state index contributed by atoms with van der Waals surface area (Å²) in [6, 6.07) is 13.9. The lowest BCUT2D eigenvalue weighted by Gasteiger charge is -2.36. The monoisotopic (exact) mass is 460 g/mol. The van der Waals surface area contributed by atoms with E-state index in [-0.39, 0.29) is 17.1 Å². The SMILES string of the molecule is O=C(NCCCCC1(C(=O)c2cc3ccccc3[nH]2)CCNCC1)c1cc2ccncc2s1. The number of fused-ring (bicyclic) bond motifs is 2. The molecular formula is C26H28N4O2S. The number of ketones is 1. The van der Waals surface area contributed by atoms with Gasteiger partial charge in [0.25, 0.3) is 5.91 Å². The van der Waals surface area contributed by atoms with Crippen molar-refractivity contribution in [3.8, 4) is 0 Å². The van der Waals surface area contributed by atoms with E-state index in [9.17, 15) is 9.59 Å². The summed E-state index contributed by atoms with van der Waals surface area (Å²) in [5.41, 5.74) is 1.38. The van der Waals surface area contributed by atoms with Gasteiger partial charge in [0, 0.05) is 35.3 Å². The molecule has 0 atom stereocenters. The maximum atomic E-state index is 13.6. The van der Waals surface area contributed by atoms with Crippen LogP contribution in [0, 0.1) is 5.41 Å². The van der Waals surface area contributed by atoms with Crippen LogP contribution in [0.15, 0.2) is 54.9 Å². The second-order valence-corrected chi connectivity index (χ2v) is 9.95. The Kier molecular flexibility index (Phi) is 6.24. The van der Waals surface area contributed by atoms with E-state index in [0.29, 0.717) is 17.1 Å². The zero-order valence-corrected chi connectivity index (χ0v) is 19.3. The highest BCUT2D eigenvalue weighted by Crippen LogP contribution is 2.38. The number of carbonyl (C=O) groups excluding carboxylic acids is 2. The fourth-order valence-corrected chi connectivity index (χ4v) is 5.80. The van der Waals surface area contributed by atoms with Crippen LogP contribution in [-0.2, 0) is 0 Å². The standard InChI is InChI=1S/C26H28N4O2S/c31-24(21-15-18-5-1-2-6-20(18)30-21)26(9-13-27-14-10-26)8-3-4-11-29-25(32)22-16-19-7-12-28-17-23(19)33-22/h1-2,5-7,12,15-17,27,30H,3-4,8-11,13-14H2,(H,29,32). The fourth-order valence-electron chi connectivity index (χ4n) is 4.85. The van der Waals surface area contributed by atoms with Crippen molar-refractivity contribution in [2.24, 2.45) is 5.41 Å². The predicted octanol–water partition coefficient (Wildman–Crippen LogP) is 4.93. The Morgan fingerprint density at radius 2 is 1.91 bits per heavy atom. The third kappa shape index (κ3) is 4.56. The Labute approximate surface area is 196 Å². The smallest absolute Gasteiger partial charge is 0.261 e. The first kappa shape index (κ1) is 21.8. The van der Waals surface area contributed by atoms with Crippen molar-refractivity contribution in [1.82, 2.24) is 20.6 Å². The van der Waals surface area contributed by atoms with Gasteiger partial charge in [-0.15, -0.1) is 11.3 Å². The fraction of sp³-hybridized carbons (Fsp3) is 0.346. The summed E-state index contributed by atoms with van der Waals surface area (Å²) >= 11 is 1.46. The predicted molar refractivity (Wildman–Crippen MR) is 133 cm³/mol. The van der Waals surface area contributed by atoms with Crippen molar-refractivity contribution < 1.29 is 9.59 Å². The summed E-state index contributed by atoms with van der Waals surface area (Å²) in [5, 5.41) is 8.55. The molecule has 1 aliphatic rings. The molecule has 1 saturated heterocycles. The number of nitrogens with one attached hydrogen (secondary N) is 3. The van der Waals surface area contributed by atoms with E-state index in [1.54, 1.807) is 12.4 Å². The molecule has 0 saturated carbocycles. The minimum absolute atomic E-state index is 0.0399. The number of H-pyrrole nitrogens is 1. The Morgan fingerprint density at radius 3 is 2.73 bits per heavy atom. The number of pyridine rings is 1. The number of nitrogens with zero attached hydrogens (tertiary/aromatic N) is 1. The van der Waals surface area contributed by atoms with Gasteiger partial charge in [0.15, 0.2) is 5.78 Å². The molecule has 1 amide bonds. The second-order valence-electron chi connectivity index (χ2n) is 8.87. The molecule has 1 aromatic carbocycles. The molecular weight excluding hydrogens is 432 g/mol. The van der Waals surface area contributed by atoms with E-state index in [1.165, 1.54) is 11.3 Å². The number of thiophene rings is 1. The van der Waals surface area contributed by atoms with Crippen molar-refractivity contribution in [3.63, 3.8) is 0 Å². The van der Waals surface area contributed by atoms with Gasteiger partial charge in [0.05, 0.1) is 15.3 Å².